The number of aromatic nitrogens is 2. The Morgan fingerprint density at radius 2 is 1.92 bits per heavy atom. The third-order valence-electron chi connectivity index (χ3n) is 3.38. The van der Waals surface area contributed by atoms with Crippen LogP contribution in [0.4, 0.5) is 0 Å². The van der Waals surface area contributed by atoms with E-state index in [0.717, 1.165) is 10.2 Å². The molecule has 24 heavy (non-hydrogen) atoms. The Bertz CT molecular complexity index is 771. The molecule has 0 saturated carbocycles. The second-order valence-corrected chi connectivity index (χ2v) is 5.25. The molecule has 7 nitrogen and oxygen atoms in total. The lowest BCUT2D eigenvalue weighted by molar-refractivity contribution is -0.129. The van der Waals surface area contributed by atoms with Crippen molar-refractivity contribution in [3.05, 3.63) is 64.1 Å². The van der Waals surface area contributed by atoms with Crippen LogP contribution in [0.2, 0.25) is 0 Å². The number of amides is 1. The van der Waals surface area contributed by atoms with Gasteiger partial charge in [-0.25, -0.2) is 9.48 Å². The zero-order chi connectivity index (χ0) is 17.5. The SMILES string of the molecule is CC(OC(=O)c1ccc(=O)n(C)n1)C(=O)NCCc1ccccc1. The monoisotopic (exact) mass is 329 g/mol. The number of rotatable bonds is 6. The van der Waals surface area contributed by atoms with E-state index < -0.39 is 12.1 Å². The molecule has 0 spiro atoms. The molecule has 0 saturated heterocycles. The van der Waals surface area contributed by atoms with Gasteiger partial charge in [0.05, 0.1) is 0 Å². The zero-order valence-electron chi connectivity index (χ0n) is 13.6. The van der Waals surface area contributed by atoms with E-state index in [1.54, 1.807) is 0 Å². The number of carbonyl (C=O) groups excluding carboxylic acids is 2. The summed E-state index contributed by atoms with van der Waals surface area (Å²) in [6, 6.07) is 12.2. The van der Waals surface area contributed by atoms with Crippen molar-refractivity contribution < 1.29 is 14.3 Å². The summed E-state index contributed by atoms with van der Waals surface area (Å²) in [4.78, 5) is 35.1. The normalized spacial score (nSPS) is 11.6. The minimum atomic E-state index is -0.952. The molecule has 0 aliphatic heterocycles. The Hall–Kier alpha value is -2.96. The maximum absolute atomic E-state index is 12.0. The third kappa shape index (κ3) is 4.77. The molecule has 0 bridgehead atoms. The largest absolute Gasteiger partial charge is 0.448 e. The third-order valence-corrected chi connectivity index (χ3v) is 3.38. The first-order valence-corrected chi connectivity index (χ1v) is 7.54. The molecule has 0 radical (unpaired) electrons. The quantitative estimate of drug-likeness (QED) is 0.787. The lowest BCUT2D eigenvalue weighted by Crippen LogP contribution is -2.37. The van der Waals surface area contributed by atoms with Gasteiger partial charge >= 0.3 is 5.97 Å². The van der Waals surface area contributed by atoms with Gasteiger partial charge in [-0.15, -0.1) is 0 Å². The van der Waals surface area contributed by atoms with Gasteiger partial charge in [0.15, 0.2) is 11.8 Å². The number of nitrogens with one attached hydrogen (secondary N) is 1. The summed E-state index contributed by atoms with van der Waals surface area (Å²) in [5.41, 5.74) is 0.746. The average molecular weight is 329 g/mol. The molecule has 0 fully saturated rings. The van der Waals surface area contributed by atoms with E-state index in [9.17, 15) is 14.4 Å². The van der Waals surface area contributed by atoms with Crippen LogP contribution in [0.25, 0.3) is 0 Å². The van der Waals surface area contributed by atoms with E-state index in [4.69, 9.17) is 4.74 Å². The lowest BCUT2D eigenvalue weighted by atomic mass is 10.1. The van der Waals surface area contributed by atoms with Gasteiger partial charge in [0, 0.05) is 19.7 Å². The number of esters is 1. The van der Waals surface area contributed by atoms with Crippen LogP contribution in [0.3, 0.4) is 0 Å². The maximum Gasteiger partial charge on any atom is 0.359 e. The van der Waals surface area contributed by atoms with Crippen LogP contribution in [0.5, 0.6) is 0 Å². The van der Waals surface area contributed by atoms with Crippen molar-refractivity contribution in [3.63, 3.8) is 0 Å². The topological polar surface area (TPSA) is 90.3 Å². The van der Waals surface area contributed by atoms with Crippen LogP contribution in [0.15, 0.2) is 47.3 Å². The Morgan fingerprint density at radius 3 is 2.58 bits per heavy atom. The second-order valence-electron chi connectivity index (χ2n) is 5.25. The summed E-state index contributed by atoms with van der Waals surface area (Å²) in [5, 5.41) is 6.50. The zero-order valence-corrected chi connectivity index (χ0v) is 13.6. The van der Waals surface area contributed by atoms with E-state index in [-0.39, 0.29) is 17.2 Å². The summed E-state index contributed by atoms with van der Waals surface area (Å²) in [6.07, 6.45) is -0.261. The first-order valence-electron chi connectivity index (χ1n) is 7.54. The van der Waals surface area contributed by atoms with Gasteiger partial charge in [-0.3, -0.25) is 9.59 Å². The molecule has 0 aliphatic carbocycles. The highest BCUT2D eigenvalue weighted by Gasteiger charge is 2.19. The summed E-state index contributed by atoms with van der Waals surface area (Å²) in [7, 11) is 1.43. The van der Waals surface area contributed by atoms with Gasteiger partial charge in [-0.1, -0.05) is 30.3 Å². The second kappa shape index (κ2) is 8.05. The number of carbonyl (C=O) groups is 2. The van der Waals surface area contributed by atoms with E-state index in [1.807, 2.05) is 30.3 Å². The minimum Gasteiger partial charge on any atom is -0.448 e. The number of nitrogens with zero attached hydrogens (tertiary/aromatic N) is 2. The minimum absolute atomic E-state index is 0.0268. The molecule has 2 rings (SSSR count). The summed E-state index contributed by atoms with van der Waals surface area (Å²) in [6.45, 7) is 1.93. The Morgan fingerprint density at radius 1 is 1.21 bits per heavy atom. The predicted molar refractivity (Wildman–Crippen MR) is 87.5 cm³/mol. The van der Waals surface area contributed by atoms with Crippen LogP contribution in [-0.2, 0) is 23.0 Å². The van der Waals surface area contributed by atoms with E-state index in [1.165, 1.54) is 26.1 Å². The Balaban J connectivity index is 1.83. The standard InChI is InChI=1S/C17H19N3O4/c1-12(16(22)18-11-10-13-6-4-3-5-7-13)24-17(23)14-8-9-15(21)20(2)19-14/h3-9,12H,10-11H2,1-2H3,(H,18,22). The number of aryl methyl sites for hydroxylation is 1. The van der Waals surface area contributed by atoms with Crippen molar-refractivity contribution in [1.82, 2.24) is 15.1 Å². The van der Waals surface area contributed by atoms with E-state index >= 15 is 0 Å². The molecule has 1 aromatic carbocycles. The van der Waals surface area contributed by atoms with Crippen molar-refractivity contribution in [2.75, 3.05) is 6.54 Å². The number of benzene rings is 1. The molecule has 0 aliphatic rings. The van der Waals surface area contributed by atoms with Gasteiger partial charge in [-0.05, 0) is 25.0 Å². The molecule has 2 aromatic rings. The Kier molecular flexibility index (Phi) is 5.83. The number of hydrogen-bond donors (Lipinski definition) is 1. The molecule has 1 atom stereocenters. The molecule has 1 amide bonds. The molecule has 1 aromatic heterocycles. The smallest absolute Gasteiger partial charge is 0.359 e. The van der Waals surface area contributed by atoms with Gasteiger partial charge in [0.2, 0.25) is 0 Å². The fraction of sp³-hybridized carbons (Fsp3) is 0.294. The Labute approximate surface area is 139 Å². The van der Waals surface area contributed by atoms with Gasteiger partial charge in [-0.2, -0.15) is 5.10 Å². The highest BCUT2D eigenvalue weighted by atomic mass is 16.5. The lowest BCUT2D eigenvalue weighted by Gasteiger charge is -2.13. The highest BCUT2D eigenvalue weighted by Crippen LogP contribution is 2.01. The van der Waals surface area contributed by atoms with Crippen molar-refractivity contribution >= 4 is 11.9 Å². The molecular weight excluding hydrogens is 310 g/mol. The van der Waals surface area contributed by atoms with Crippen molar-refractivity contribution in [2.24, 2.45) is 7.05 Å². The number of ether oxygens (including phenoxy) is 1. The summed E-state index contributed by atoms with van der Waals surface area (Å²) >= 11 is 0. The first-order chi connectivity index (χ1) is 11.5. The van der Waals surface area contributed by atoms with Crippen LogP contribution in [0.1, 0.15) is 23.0 Å². The molecule has 1 unspecified atom stereocenters. The summed E-state index contributed by atoms with van der Waals surface area (Å²) < 4.78 is 6.10. The molecule has 1 heterocycles. The highest BCUT2D eigenvalue weighted by molar-refractivity contribution is 5.90. The first kappa shape index (κ1) is 17.4. The van der Waals surface area contributed by atoms with Crippen LogP contribution >= 0.6 is 0 Å². The van der Waals surface area contributed by atoms with Crippen LogP contribution in [0, 0.1) is 0 Å². The fourth-order valence-electron chi connectivity index (χ4n) is 2.00. The van der Waals surface area contributed by atoms with Crippen LogP contribution in [-0.4, -0.2) is 34.3 Å². The predicted octanol–water partition coefficient (Wildman–Crippen LogP) is 0.685. The van der Waals surface area contributed by atoms with Crippen molar-refractivity contribution in [2.45, 2.75) is 19.4 Å². The van der Waals surface area contributed by atoms with Crippen molar-refractivity contribution in [1.29, 1.82) is 0 Å². The molecule has 126 valence electrons. The van der Waals surface area contributed by atoms with E-state index in [2.05, 4.69) is 10.4 Å². The molecular formula is C17H19N3O4. The fourth-order valence-corrected chi connectivity index (χ4v) is 2.00. The van der Waals surface area contributed by atoms with Gasteiger partial charge in [0.25, 0.3) is 11.5 Å². The van der Waals surface area contributed by atoms with Crippen molar-refractivity contribution in [3.8, 4) is 0 Å². The molecule has 7 heteroatoms. The van der Waals surface area contributed by atoms with Gasteiger partial charge in [0.1, 0.15) is 0 Å². The molecule has 1 N–H and O–H groups in total. The van der Waals surface area contributed by atoms with Gasteiger partial charge < -0.3 is 10.1 Å². The average Bonchev–Trinajstić information content (AvgIpc) is 2.58. The van der Waals surface area contributed by atoms with Crippen LogP contribution < -0.4 is 10.9 Å². The number of hydrogen-bond acceptors (Lipinski definition) is 5. The summed E-state index contributed by atoms with van der Waals surface area (Å²) in [5.74, 6) is -1.14. The van der Waals surface area contributed by atoms with E-state index in [0.29, 0.717) is 13.0 Å². The maximum atomic E-state index is 12.0.